The minimum Gasteiger partial charge on any atom is -0.494 e. The van der Waals surface area contributed by atoms with Crippen molar-refractivity contribution in [3.05, 3.63) is 60.4 Å². The van der Waals surface area contributed by atoms with E-state index in [9.17, 15) is 0 Å². The molecule has 0 fully saturated rings. The molecule has 1 aromatic carbocycles. The second-order valence-electron chi connectivity index (χ2n) is 5.02. The highest BCUT2D eigenvalue weighted by Gasteiger charge is 2.06. The zero-order chi connectivity index (χ0) is 16.1. The SMILES string of the molecule is CCOc1cccc(Nc2cc(C)nc(-c3ccccn3)n2)c1. The third-order valence-corrected chi connectivity index (χ3v) is 3.17. The van der Waals surface area contributed by atoms with Crippen LogP contribution in [0, 0.1) is 6.92 Å². The first-order valence-corrected chi connectivity index (χ1v) is 7.51. The number of aryl methyl sites for hydroxylation is 1. The number of hydrogen-bond acceptors (Lipinski definition) is 5. The van der Waals surface area contributed by atoms with Crippen molar-refractivity contribution in [2.24, 2.45) is 0 Å². The monoisotopic (exact) mass is 306 g/mol. The van der Waals surface area contributed by atoms with Gasteiger partial charge in [-0.15, -0.1) is 0 Å². The van der Waals surface area contributed by atoms with Crippen LogP contribution in [0.1, 0.15) is 12.6 Å². The van der Waals surface area contributed by atoms with E-state index >= 15 is 0 Å². The molecule has 3 rings (SSSR count). The van der Waals surface area contributed by atoms with Crippen molar-refractivity contribution in [3.63, 3.8) is 0 Å². The Kier molecular flexibility index (Phi) is 4.47. The van der Waals surface area contributed by atoms with Crippen molar-refractivity contribution in [2.45, 2.75) is 13.8 Å². The zero-order valence-corrected chi connectivity index (χ0v) is 13.2. The average Bonchev–Trinajstić information content (AvgIpc) is 2.56. The first-order chi connectivity index (χ1) is 11.2. The van der Waals surface area contributed by atoms with Crippen molar-refractivity contribution in [1.82, 2.24) is 15.0 Å². The van der Waals surface area contributed by atoms with E-state index in [0.29, 0.717) is 12.4 Å². The molecule has 23 heavy (non-hydrogen) atoms. The molecule has 2 heterocycles. The molecule has 0 saturated carbocycles. The Morgan fingerprint density at radius 1 is 1.04 bits per heavy atom. The zero-order valence-electron chi connectivity index (χ0n) is 13.2. The standard InChI is InChI=1S/C18H18N4O/c1-3-23-15-8-6-7-14(12-15)21-17-11-13(2)20-18(22-17)16-9-4-5-10-19-16/h4-12H,3H2,1-2H3,(H,20,21,22). The Morgan fingerprint density at radius 2 is 1.96 bits per heavy atom. The van der Waals surface area contributed by atoms with Gasteiger partial charge in [0.25, 0.3) is 0 Å². The summed E-state index contributed by atoms with van der Waals surface area (Å²) in [5.41, 5.74) is 2.55. The lowest BCUT2D eigenvalue weighted by Crippen LogP contribution is -2.00. The van der Waals surface area contributed by atoms with Gasteiger partial charge in [-0.3, -0.25) is 4.98 Å². The molecule has 0 aliphatic carbocycles. The van der Waals surface area contributed by atoms with Gasteiger partial charge in [0.15, 0.2) is 5.82 Å². The van der Waals surface area contributed by atoms with Crippen LogP contribution in [0.5, 0.6) is 5.75 Å². The van der Waals surface area contributed by atoms with Crippen LogP contribution in [-0.4, -0.2) is 21.6 Å². The minimum atomic E-state index is 0.606. The molecule has 2 aromatic heterocycles. The van der Waals surface area contributed by atoms with Crippen LogP contribution in [0.3, 0.4) is 0 Å². The maximum Gasteiger partial charge on any atom is 0.180 e. The number of nitrogens with one attached hydrogen (secondary N) is 1. The van der Waals surface area contributed by atoms with Gasteiger partial charge in [0.05, 0.1) is 6.61 Å². The summed E-state index contributed by atoms with van der Waals surface area (Å²) in [4.78, 5) is 13.3. The van der Waals surface area contributed by atoms with Crippen LogP contribution < -0.4 is 10.1 Å². The van der Waals surface area contributed by atoms with Crippen LogP contribution in [0.2, 0.25) is 0 Å². The van der Waals surface area contributed by atoms with Gasteiger partial charge in [-0.05, 0) is 38.1 Å². The van der Waals surface area contributed by atoms with Gasteiger partial charge in [0.1, 0.15) is 17.3 Å². The third kappa shape index (κ3) is 3.83. The smallest absolute Gasteiger partial charge is 0.180 e. The highest BCUT2D eigenvalue weighted by atomic mass is 16.5. The van der Waals surface area contributed by atoms with E-state index in [1.165, 1.54) is 0 Å². The summed E-state index contributed by atoms with van der Waals surface area (Å²) >= 11 is 0. The minimum absolute atomic E-state index is 0.606. The molecule has 0 spiro atoms. The van der Waals surface area contributed by atoms with Gasteiger partial charge in [0, 0.05) is 29.7 Å². The molecule has 5 heteroatoms. The summed E-state index contributed by atoms with van der Waals surface area (Å²) in [6.45, 7) is 4.54. The van der Waals surface area contributed by atoms with Gasteiger partial charge < -0.3 is 10.1 Å². The Labute approximate surface area is 135 Å². The molecular formula is C18H18N4O. The fourth-order valence-corrected chi connectivity index (χ4v) is 2.22. The third-order valence-electron chi connectivity index (χ3n) is 3.17. The van der Waals surface area contributed by atoms with Crippen LogP contribution in [-0.2, 0) is 0 Å². The maximum absolute atomic E-state index is 5.52. The maximum atomic E-state index is 5.52. The molecule has 116 valence electrons. The molecule has 0 bridgehead atoms. The molecule has 0 aliphatic rings. The van der Waals surface area contributed by atoms with E-state index in [1.54, 1.807) is 6.20 Å². The molecule has 0 saturated heterocycles. The number of nitrogens with zero attached hydrogens (tertiary/aromatic N) is 3. The van der Waals surface area contributed by atoms with Crippen LogP contribution in [0.4, 0.5) is 11.5 Å². The molecule has 5 nitrogen and oxygen atoms in total. The van der Waals surface area contributed by atoms with Gasteiger partial charge in [-0.1, -0.05) is 12.1 Å². The quantitative estimate of drug-likeness (QED) is 0.772. The lowest BCUT2D eigenvalue weighted by atomic mass is 10.3. The molecule has 0 atom stereocenters. The van der Waals surface area contributed by atoms with Crippen molar-refractivity contribution >= 4 is 11.5 Å². The summed E-state index contributed by atoms with van der Waals surface area (Å²) in [6, 6.07) is 15.4. The molecule has 0 amide bonds. The van der Waals surface area contributed by atoms with E-state index in [-0.39, 0.29) is 0 Å². The summed E-state index contributed by atoms with van der Waals surface area (Å²) in [5, 5.41) is 3.29. The molecule has 0 aliphatic heterocycles. The number of ether oxygens (including phenoxy) is 1. The number of hydrogen-bond donors (Lipinski definition) is 1. The second kappa shape index (κ2) is 6.87. The van der Waals surface area contributed by atoms with Gasteiger partial charge >= 0.3 is 0 Å². The normalized spacial score (nSPS) is 10.3. The molecule has 3 aromatic rings. The fraction of sp³-hybridized carbons (Fsp3) is 0.167. The Morgan fingerprint density at radius 3 is 2.74 bits per heavy atom. The van der Waals surface area contributed by atoms with Crippen molar-refractivity contribution in [1.29, 1.82) is 0 Å². The van der Waals surface area contributed by atoms with Crippen LogP contribution in [0.25, 0.3) is 11.5 Å². The van der Waals surface area contributed by atoms with Gasteiger partial charge in [0.2, 0.25) is 0 Å². The molecule has 0 radical (unpaired) electrons. The lowest BCUT2D eigenvalue weighted by Gasteiger charge is -2.10. The van der Waals surface area contributed by atoms with Crippen LogP contribution >= 0.6 is 0 Å². The number of anilines is 2. The van der Waals surface area contributed by atoms with Crippen LogP contribution in [0.15, 0.2) is 54.7 Å². The van der Waals surface area contributed by atoms with E-state index in [4.69, 9.17) is 4.74 Å². The molecule has 1 N–H and O–H groups in total. The predicted molar refractivity (Wildman–Crippen MR) is 90.9 cm³/mol. The highest BCUT2D eigenvalue weighted by molar-refractivity contribution is 5.61. The second-order valence-corrected chi connectivity index (χ2v) is 5.02. The van der Waals surface area contributed by atoms with E-state index in [2.05, 4.69) is 20.3 Å². The Hall–Kier alpha value is -2.95. The molecule has 0 unspecified atom stereocenters. The van der Waals surface area contributed by atoms with E-state index < -0.39 is 0 Å². The topological polar surface area (TPSA) is 59.9 Å². The number of benzene rings is 1. The Balaban J connectivity index is 1.89. The molecular weight excluding hydrogens is 288 g/mol. The summed E-state index contributed by atoms with van der Waals surface area (Å²) in [5.74, 6) is 2.16. The fourth-order valence-electron chi connectivity index (χ4n) is 2.22. The largest absolute Gasteiger partial charge is 0.494 e. The Bertz CT molecular complexity index is 790. The van der Waals surface area contributed by atoms with E-state index in [0.717, 1.165) is 28.6 Å². The first kappa shape index (κ1) is 15.0. The first-order valence-electron chi connectivity index (χ1n) is 7.51. The summed E-state index contributed by atoms with van der Waals surface area (Å²) < 4.78 is 5.52. The summed E-state index contributed by atoms with van der Waals surface area (Å²) in [6.07, 6.45) is 1.74. The van der Waals surface area contributed by atoms with Crippen molar-refractivity contribution in [2.75, 3.05) is 11.9 Å². The van der Waals surface area contributed by atoms with Crippen molar-refractivity contribution in [3.8, 4) is 17.3 Å². The predicted octanol–water partition coefficient (Wildman–Crippen LogP) is 3.99. The van der Waals surface area contributed by atoms with Gasteiger partial charge in [-0.2, -0.15) is 0 Å². The van der Waals surface area contributed by atoms with E-state index in [1.807, 2.05) is 62.4 Å². The number of aromatic nitrogens is 3. The number of rotatable bonds is 5. The number of pyridine rings is 1. The van der Waals surface area contributed by atoms with Gasteiger partial charge in [-0.25, -0.2) is 9.97 Å². The lowest BCUT2D eigenvalue weighted by molar-refractivity contribution is 0.340. The average molecular weight is 306 g/mol. The summed E-state index contributed by atoms with van der Waals surface area (Å²) in [7, 11) is 0. The van der Waals surface area contributed by atoms with Crippen molar-refractivity contribution < 1.29 is 4.74 Å². The highest BCUT2D eigenvalue weighted by Crippen LogP contribution is 2.22.